The number of carbonyl (C=O) groups excluding carboxylic acids is 1. The molecule has 0 amide bonds. The minimum atomic E-state index is -0.429. The van der Waals surface area contributed by atoms with Crippen LogP contribution in [0.25, 0.3) is 0 Å². The second kappa shape index (κ2) is 5.48. The van der Waals surface area contributed by atoms with E-state index in [0.29, 0.717) is 16.9 Å². The van der Waals surface area contributed by atoms with Gasteiger partial charge in [-0.2, -0.15) is 0 Å². The summed E-state index contributed by atoms with van der Waals surface area (Å²) in [5, 5.41) is 3.21. The van der Waals surface area contributed by atoms with E-state index in [0.717, 1.165) is 5.76 Å². The number of ether oxygens (including phenoxy) is 1. The third-order valence-corrected chi connectivity index (χ3v) is 2.79. The molecule has 0 aliphatic rings. The Morgan fingerprint density at radius 2 is 2.21 bits per heavy atom. The summed E-state index contributed by atoms with van der Waals surface area (Å²) in [5.41, 5.74) is 7.26. The predicted octanol–water partition coefficient (Wildman–Crippen LogP) is 2.82. The Kier molecular flexibility index (Phi) is 3.75. The van der Waals surface area contributed by atoms with Crippen LogP contribution in [0.4, 0.5) is 11.4 Å². The molecule has 5 heteroatoms. The van der Waals surface area contributed by atoms with Crippen LogP contribution < -0.4 is 11.1 Å². The van der Waals surface area contributed by atoms with E-state index in [-0.39, 0.29) is 6.04 Å². The molecule has 2 aromatic rings. The lowest BCUT2D eigenvalue weighted by molar-refractivity contribution is 0.0602. The van der Waals surface area contributed by atoms with Crippen molar-refractivity contribution in [2.45, 2.75) is 13.0 Å². The molecule has 2 rings (SSSR count). The van der Waals surface area contributed by atoms with Crippen molar-refractivity contribution in [2.24, 2.45) is 0 Å². The minimum Gasteiger partial charge on any atom is -0.467 e. The summed E-state index contributed by atoms with van der Waals surface area (Å²) < 4.78 is 10.1. The number of nitrogen functional groups attached to an aromatic ring is 1. The van der Waals surface area contributed by atoms with Gasteiger partial charge in [0.25, 0.3) is 0 Å². The minimum absolute atomic E-state index is 0.0676. The molecule has 1 aromatic carbocycles. The van der Waals surface area contributed by atoms with Gasteiger partial charge in [-0.3, -0.25) is 0 Å². The van der Waals surface area contributed by atoms with Crippen molar-refractivity contribution in [3.05, 3.63) is 47.9 Å². The van der Waals surface area contributed by atoms with Gasteiger partial charge in [0.1, 0.15) is 5.76 Å². The summed E-state index contributed by atoms with van der Waals surface area (Å²) in [6, 6.07) is 8.68. The third kappa shape index (κ3) is 2.88. The zero-order valence-corrected chi connectivity index (χ0v) is 10.8. The van der Waals surface area contributed by atoms with Crippen LogP contribution in [0.3, 0.4) is 0 Å². The number of methoxy groups -OCH3 is 1. The van der Waals surface area contributed by atoms with E-state index in [1.165, 1.54) is 7.11 Å². The zero-order chi connectivity index (χ0) is 13.8. The molecule has 1 unspecified atom stereocenters. The molecule has 100 valence electrons. The molecule has 1 aromatic heterocycles. The summed E-state index contributed by atoms with van der Waals surface area (Å²) in [6.45, 7) is 1.94. The molecule has 19 heavy (non-hydrogen) atoms. The highest BCUT2D eigenvalue weighted by Gasteiger charge is 2.15. The average Bonchev–Trinajstić information content (AvgIpc) is 2.94. The standard InChI is InChI=1S/C14H16N2O3/c1-9(13-4-3-7-19-13)16-12-6-5-10(15)8-11(12)14(17)18-2/h3-9,16H,15H2,1-2H3. The van der Waals surface area contributed by atoms with Gasteiger partial charge in [-0.25, -0.2) is 4.79 Å². The van der Waals surface area contributed by atoms with E-state index in [1.807, 2.05) is 19.1 Å². The molecule has 0 saturated heterocycles. The van der Waals surface area contributed by atoms with Crippen LogP contribution in [0.2, 0.25) is 0 Å². The molecule has 1 atom stereocenters. The van der Waals surface area contributed by atoms with Crippen LogP contribution >= 0.6 is 0 Å². The number of rotatable bonds is 4. The Morgan fingerprint density at radius 1 is 1.42 bits per heavy atom. The number of esters is 1. The van der Waals surface area contributed by atoms with E-state index in [2.05, 4.69) is 5.32 Å². The van der Waals surface area contributed by atoms with Crippen molar-refractivity contribution in [3.8, 4) is 0 Å². The monoisotopic (exact) mass is 260 g/mol. The molecule has 0 saturated carbocycles. The molecule has 0 aliphatic heterocycles. The number of anilines is 2. The molecule has 3 N–H and O–H groups in total. The number of furan rings is 1. The van der Waals surface area contributed by atoms with Crippen LogP contribution in [0.1, 0.15) is 29.1 Å². The number of carbonyl (C=O) groups is 1. The highest BCUT2D eigenvalue weighted by Crippen LogP contribution is 2.25. The van der Waals surface area contributed by atoms with Crippen LogP contribution in [0.15, 0.2) is 41.0 Å². The Morgan fingerprint density at radius 3 is 2.84 bits per heavy atom. The van der Waals surface area contributed by atoms with E-state index < -0.39 is 5.97 Å². The summed E-state index contributed by atoms with van der Waals surface area (Å²) >= 11 is 0. The highest BCUT2D eigenvalue weighted by atomic mass is 16.5. The topological polar surface area (TPSA) is 77.5 Å². The van der Waals surface area contributed by atoms with Gasteiger partial charge in [-0.05, 0) is 37.3 Å². The van der Waals surface area contributed by atoms with Gasteiger partial charge in [-0.15, -0.1) is 0 Å². The maximum absolute atomic E-state index is 11.7. The van der Waals surface area contributed by atoms with E-state index in [1.54, 1.807) is 24.5 Å². The normalized spacial score (nSPS) is 11.9. The average molecular weight is 260 g/mol. The van der Waals surface area contributed by atoms with Crippen LogP contribution in [0.5, 0.6) is 0 Å². The third-order valence-electron chi connectivity index (χ3n) is 2.79. The Hall–Kier alpha value is -2.43. The highest BCUT2D eigenvalue weighted by molar-refractivity contribution is 5.96. The summed E-state index contributed by atoms with van der Waals surface area (Å²) in [7, 11) is 1.34. The van der Waals surface area contributed by atoms with E-state index in [4.69, 9.17) is 14.9 Å². The molecule has 0 radical (unpaired) electrons. The Labute approximate surface area is 111 Å². The van der Waals surface area contributed by atoms with Gasteiger partial charge in [0, 0.05) is 11.4 Å². The molecular weight excluding hydrogens is 244 g/mol. The molecule has 5 nitrogen and oxygen atoms in total. The van der Waals surface area contributed by atoms with Crippen molar-refractivity contribution in [1.29, 1.82) is 0 Å². The van der Waals surface area contributed by atoms with Crippen molar-refractivity contribution in [3.63, 3.8) is 0 Å². The molecule has 0 spiro atoms. The first-order valence-corrected chi connectivity index (χ1v) is 5.89. The molecular formula is C14H16N2O3. The van der Waals surface area contributed by atoms with Crippen molar-refractivity contribution >= 4 is 17.3 Å². The van der Waals surface area contributed by atoms with Crippen molar-refractivity contribution < 1.29 is 13.9 Å². The van der Waals surface area contributed by atoms with Gasteiger partial charge >= 0.3 is 5.97 Å². The van der Waals surface area contributed by atoms with Gasteiger partial charge in [0.05, 0.1) is 25.0 Å². The Bertz CT molecular complexity index is 564. The second-order valence-electron chi connectivity index (χ2n) is 4.18. The van der Waals surface area contributed by atoms with E-state index in [9.17, 15) is 4.79 Å². The lowest BCUT2D eigenvalue weighted by Crippen LogP contribution is -2.11. The number of hydrogen-bond acceptors (Lipinski definition) is 5. The number of nitrogens with two attached hydrogens (primary N) is 1. The van der Waals surface area contributed by atoms with Gasteiger partial charge < -0.3 is 20.2 Å². The molecule has 0 bridgehead atoms. The summed E-state index contributed by atoms with van der Waals surface area (Å²) in [4.78, 5) is 11.7. The number of benzene rings is 1. The fourth-order valence-corrected chi connectivity index (χ4v) is 1.81. The van der Waals surface area contributed by atoms with Crippen LogP contribution in [-0.2, 0) is 4.74 Å². The van der Waals surface area contributed by atoms with Crippen molar-refractivity contribution in [2.75, 3.05) is 18.2 Å². The molecule has 0 fully saturated rings. The maximum atomic E-state index is 11.7. The van der Waals surface area contributed by atoms with Crippen LogP contribution in [-0.4, -0.2) is 13.1 Å². The lowest BCUT2D eigenvalue weighted by Gasteiger charge is -2.16. The largest absolute Gasteiger partial charge is 0.467 e. The first kappa shape index (κ1) is 13.0. The zero-order valence-electron chi connectivity index (χ0n) is 10.8. The fourth-order valence-electron chi connectivity index (χ4n) is 1.81. The first-order chi connectivity index (χ1) is 9.11. The quantitative estimate of drug-likeness (QED) is 0.653. The fraction of sp³-hybridized carbons (Fsp3) is 0.214. The predicted molar refractivity (Wildman–Crippen MR) is 72.9 cm³/mol. The van der Waals surface area contributed by atoms with E-state index >= 15 is 0 Å². The van der Waals surface area contributed by atoms with Crippen molar-refractivity contribution in [1.82, 2.24) is 0 Å². The smallest absolute Gasteiger partial charge is 0.340 e. The second-order valence-corrected chi connectivity index (χ2v) is 4.18. The first-order valence-electron chi connectivity index (χ1n) is 5.89. The van der Waals surface area contributed by atoms with Gasteiger partial charge in [0.2, 0.25) is 0 Å². The van der Waals surface area contributed by atoms with Crippen LogP contribution in [0, 0.1) is 0 Å². The SMILES string of the molecule is COC(=O)c1cc(N)ccc1NC(C)c1ccco1. The number of nitrogens with one attached hydrogen (secondary N) is 1. The molecule has 1 heterocycles. The summed E-state index contributed by atoms with van der Waals surface area (Å²) in [5.74, 6) is 0.356. The van der Waals surface area contributed by atoms with Gasteiger partial charge in [-0.1, -0.05) is 0 Å². The Balaban J connectivity index is 2.27. The molecule has 0 aliphatic carbocycles. The summed E-state index contributed by atoms with van der Waals surface area (Å²) in [6.07, 6.45) is 1.61. The van der Waals surface area contributed by atoms with Gasteiger partial charge in [0.15, 0.2) is 0 Å². The lowest BCUT2D eigenvalue weighted by atomic mass is 10.1. The maximum Gasteiger partial charge on any atom is 0.340 e. The number of hydrogen-bond donors (Lipinski definition) is 2.